The second-order valence-electron chi connectivity index (χ2n) is 5.48. The van der Waals surface area contributed by atoms with Crippen molar-refractivity contribution in [2.75, 3.05) is 19.0 Å². The van der Waals surface area contributed by atoms with E-state index in [9.17, 15) is 4.79 Å². The van der Waals surface area contributed by atoms with Gasteiger partial charge in [0.15, 0.2) is 0 Å². The number of carbonyl (C=O) groups is 1. The molecule has 0 saturated heterocycles. The Hall–Kier alpha value is -2.55. The fourth-order valence-corrected chi connectivity index (χ4v) is 2.84. The summed E-state index contributed by atoms with van der Waals surface area (Å²) in [5.41, 5.74) is 2.45. The summed E-state index contributed by atoms with van der Waals surface area (Å²) in [6.07, 6.45) is 2.19. The molecule has 0 saturated carbocycles. The summed E-state index contributed by atoms with van der Waals surface area (Å²) < 4.78 is 11.6. The molecule has 6 nitrogen and oxygen atoms in total. The van der Waals surface area contributed by atoms with Crippen LogP contribution < -0.4 is 15.4 Å². The van der Waals surface area contributed by atoms with Crippen LogP contribution in [-0.2, 0) is 6.42 Å². The molecule has 2 N–H and O–H groups in total. The third-order valence-corrected chi connectivity index (χ3v) is 4.62. The lowest BCUT2D eigenvalue weighted by atomic mass is 10.2. The monoisotopic (exact) mass is 463 g/mol. The van der Waals surface area contributed by atoms with Crippen molar-refractivity contribution in [1.82, 2.24) is 10.3 Å². The third kappa shape index (κ3) is 4.75. The molecule has 3 aromatic rings. The summed E-state index contributed by atoms with van der Waals surface area (Å²) in [5.74, 6) is 1.33. The molecule has 0 unspecified atom stereocenters. The fourth-order valence-electron chi connectivity index (χ4n) is 2.32. The minimum absolute atomic E-state index is 0.243. The lowest BCUT2D eigenvalue weighted by Crippen LogP contribution is -2.30. The highest BCUT2D eigenvalue weighted by Gasteiger charge is 2.08. The Labute approximate surface area is 165 Å². The molecule has 26 heavy (non-hydrogen) atoms. The Bertz CT molecular complexity index is 878. The van der Waals surface area contributed by atoms with E-state index in [2.05, 4.69) is 38.2 Å². The van der Waals surface area contributed by atoms with Crippen LogP contribution in [0.15, 0.2) is 59.2 Å². The van der Waals surface area contributed by atoms with Crippen molar-refractivity contribution < 1.29 is 13.9 Å². The summed E-state index contributed by atoms with van der Waals surface area (Å²) in [4.78, 5) is 16.4. The SMILES string of the molecule is COc1ccc(-c2nc(CCNC(=O)Nc3ccccc3I)co2)cc1. The van der Waals surface area contributed by atoms with Gasteiger partial charge in [-0.2, -0.15) is 0 Å². The van der Waals surface area contributed by atoms with Crippen molar-refractivity contribution in [2.24, 2.45) is 0 Å². The zero-order valence-corrected chi connectivity index (χ0v) is 16.3. The summed E-state index contributed by atoms with van der Waals surface area (Å²) in [5, 5.41) is 5.64. The highest BCUT2D eigenvalue weighted by atomic mass is 127. The number of methoxy groups -OCH3 is 1. The van der Waals surface area contributed by atoms with Gasteiger partial charge in [-0.05, 0) is 59.0 Å². The van der Waals surface area contributed by atoms with E-state index in [0.29, 0.717) is 18.9 Å². The highest BCUT2D eigenvalue weighted by molar-refractivity contribution is 14.1. The van der Waals surface area contributed by atoms with Crippen molar-refractivity contribution in [3.8, 4) is 17.2 Å². The molecular weight excluding hydrogens is 445 g/mol. The number of oxazole rings is 1. The maximum Gasteiger partial charge on any atom is 0.319 e. The number of para-hydroxylation sites is 1. The number of benzene rings is 2. The minimum Gasteiger partial charge on any atom is -0.497 e. The summed E-state index contributed by atoms with van der Waals surface area (Å²) in [6, 6.07) is 14.9. The van der Waals surface area contributed by atoms with Gasteiger partial charge < -0.3 is 19.8 Å². The number of nitrogens with zero attached hydrogens (tertiary/aromatic N) is 1. The molecule has 0 fully saturated rings. The number of halogens is 1. The molecule has 1 aromatic heterocycles. The first-order valence-corrected chi connectivity index (χ1v) is 9.12. The Kier molecular flexibility index (Phi) is 6.11. The molecule has 3 rings (SSSR count). The number of hydrogen-bond acceptors (Lipinski definition) is 4. The first kappa shape index (κ1) is 18.2. The molecule has 0 bridgehead atoms. The molecule has 0 spiro atoms. The zero-order valence-electron chi connectivity index (χ0n) is 14.2. The second kappa shape index (κ2) is 8.70. The summed E-state index contributed by atoms with van der Waals surface area (Å²) >= 11 is 2.18. The number of hydrogen-bond donors (Lipinski definition) is 2. The van der Waals surface area contributed by atoms with Crippen LogP contribution in [0.5, 0.6) is 5.75 Å². The van der Waals surface area contributed by atoms with E-state index < -0.39 is 0 Å². The molecule has 0 aliphatic heterocycles. The van der Waals surface area contributed by atoms with Crippen LogP contribution >= 0.6 is 22.6 Å². The number of amides is 2. The standard InChI is InChI=1S/C19H18IN3O3/c1-25-15-8-6-13(7-9-15)18-22-14(12-26-18)10-11-21-19(24)23-17-5-3-2-4-16(17)20/h2-9,12H,10-11H2,1H3,(H2,21,23,24). The van der Waals surface area contributed by atoms with Crippen LogP contribution in [0.25, 0.3) is 11.5 Å². The Morgan fingerprint density at radius 3 is 2.69 bits per heavy atom. The van der Waals surface area contributed by atoms with E-state index in [1.165, 1.54) is 0 Å². The van der Waals surface area contributed by atoms with E-state index in [0.717, 1.165) is 26.3 Å². The maximum atomic E-state index is 12.0. The van der Waals surface area contributed by atoms with E-state index >= 15 is 0 Å². The maximum absolute atomic E-state index is 12.0. The molecule has 134 valence electrons. The molecule has 0 aliphatic carbocycles. The van der Waals surface area contributed by atoms with Crippen LogP contribution in [0.1, 0.15) is 5.69 Å². The van der Waals surface area contributed by atoms with E-state index in [-0.39, 0.29) is 6.03 Å². The van der Waals surface area contributed by atoms with E-state index in [4.69, 9.17) is 9.15 Å². The molecule has 1 heterocycles. The molecule has 0 atom stereocenters. The third-order valence-electron chi connectivity index (χ3n) is 3.68. The highest BCUT2D eigenvalue weighted by Crippen LogP contribution is 2.22. The van der Waals surface area contributed by atoms with E-state index in [1.54, 1.807) is 13.4 Å². The topological polar surface area (TPSA) is 76.4 Å². The van der Waals surface area contributed by atoms with Gasteiger partial charge >= 0.3 is 6.03 Å². The summed E-state index contributed by atoms with van der Waals surface area (Å²) in [6.45, 7) is 0.462. The number of ether oxygens (including phenoxy) is 1. The molecule has 0 radical (unpaired) electrons. The van der Waals surface area contributed by atoms with Gasteiger partial charge in [-0.1, -0.05) is 12.1 Å². The predicted molar refractivity (Wildman–Crippen MR) is 108 cm³/mol. The Balaban J connectivity index is 1.50. The lowest BCUT2D eigenvalue weighted by Gasteiger charge is -2.08. The average molecular weight is 463 g/mol. The normalized spacial score (nSPS) is 10.4. The van der Waals surface area contributed by atoms with Crippen molar-refractivity contribution >= 4 is 34.3 Å². The van der Waals surface area contributed by atoms with Gasteiger partial charge in [-0.3, -0.25) is 0 Å². The van der Waals surface area contributed by atoms with Crippen LogP contribution in [0.3, 0.4) is 0 Å². The van der Waals surface area contributed by atoms with Gasteiger partial charge in [0.2, 0.25) is 5.89 Å². The van der Waals surface area contributed by atoms with Gasteiger partial charge in [0.25, 0.3) is 0 Å². The Morgan fingerprint density at radius 2 is 1.96 bits per heavy atom. The zero-order chi connectivity index (χ0) is 18.4. The van der Waals surface area contributed by atoms with Gasteiger partial charge in [0, 0.05) is 22.1 Å². The van der Waals surface area contributed by atoms with E-state index in [1.807, 2.05) is 48.5 Å². The van der Waals surface area contributed by atoms with Crippen LogP contribution in [-0.4, -0.2) is 24.7 Å². The fraction of sp³-hybridized carbons (Fsp3) is 0.158. The van der Waals surface area contributed by atoms with Crippen LogP contribution in [0, 0.1) is 3.57 Å². The Morgan fingerprint density at radius 1 is 1.19 bits per heavy atom. The van der Waals surface area contributed by atoms with Gasteiger partial charge in [0.05, 0.1) is 18.5 Å². The number of carbonyl (C=O) groups excluding carboxylic acids is 1. The predicted octanol–water partition coefficient (Wildman–Crippen LogP) is 4.32. The molecule has 2 aromatic carbocycles. The number of anilines is 1. The van der Waals surface area contributed by atoms with Crippen molar-refractivity contribution in [3.05, 3.63) is 64.1 Å². The van der Waals surface area contributed by atoms with Crippen molar-refractivity contribution in [3.63, 3.8) is 0 Å². The van der Waals surface area contributed by atoms with Crippen LogP contribution in [0.2, 0.25) is 0 Å². The van der Waals surface area contributed by atoms with Crippen molar-refractivity contribution in [2.45, 2.75) is 6.42 Å². The molecule has 0 aliphatic rings. The quantitative estimate of drug-likeness (QED) is 0.534. The number of rotatable bonds is 6. The lowest BCUT2D eigenvalue weighted by molar-refractivity contribution is 0.252. The van der Waals surface area contributed by atoms with Gasteiger partial charge in [-0.25, -0.2) is 9.78 Å². The van der Waals surface area contributed by atoms with Gasteiger partial charge in [0.1, 0.15) is 12.0 Å². The molecule has 7 heteroatoms. The largest absolute Gasteiger partial charge is 0.497 e. The van der Waals surface area contributed by atoms with Crippen molar-refractivity contribution in [1.29, 1.82) is 0 Å². The number of aromatic nitrogens is 1. The van der Waals surface area contributed by atoms with Gasteiger partial charge in [-0.15, -0.1) is 0 Å². The first-order chi connectivity index (χ1) is 12.7. The summed E-state index contributed by atoms with van der Waals surface area (Å²) in [7, 11) is 1.63. The average Bonchev–Trinajstić information content (AvgIpc) is 3.12. The first-order valence-electron chi connectivity index (χ1n) is 8.04. The second-order valence-corrected chi connectivity index (χ2v) is 6.65. The number of nitrogens with one attached hydrogen (secondary N) is 2. The number of urea groups is 1. The van der Waals surface area contributed by atoms with Crippen LogP contribution in [0.4, 0.5) is 10.5 Å². The molecular formula is C19H18IN3O3. The minimum atomic E-state index is -0.243. The molecule has 2 amide bonds. The smallest absolute Gasteiger partial charge is 0.319 e.